The van der Waals surface area contributed by atoms with Crippen molar-refractivity contribution < 1.29 is 5.11 Å². The molecule has 2 aromatic rings. The van der Waals surface area contributed by atoms with Gasteiger partial charge in [-0.25, -0.2) is 0 Å². The lowest BCUT2D eigenvalue weighted by molar-refractivity contribution is -0.0315. The summed E-state index contributed by atoms with van der Waals surface area (Å²) in [5, 5.41) is 15.5. The van der Waals surface area contributed by atoms with Crippen molar-refractivity contribution in [3.63, 3.8) is 0 Å². The molecule has 1 aliphatic carbocycles. The number of aromatic nitrogens is 1. The average Bonchev–Trinajstić information content (AvgIpc) is 3.00. The van der Waals surface area contributed by atoms with Gasteiger partial charge in [-0.1, -0.05) is 6.07 Å². The van der Waals surface area contributed by atoms with Gasteiger partial charge < -0.3 is 15.0 Å². The summed E-state index contributed by atoms with van der Waals surface area (Å²) in [6.45, 7) is 2.46. The molecule has 0 amide bonds. The molecule has 0 radical (unpaired) electrons. The van der Waals surface area contributed by atoms with Crippen LogP contribution >= 0.6 is 11.3 Å². The first-order valence-corrected chi connectivity index (χ1v) is 7.73. The molecule has 2 heterocycles. The summed E-state index contributed by atoms with van der Waals surface area (Å²) in [5.41, 5.74) is 0.835. The van der Waals surface area contributed by atoms with Gasteiger partial charge in [0, 0.05) is 29.9 Å². The molecule has 0 bridgehead atoms. The zero-order valence-electron chi connectivity index (χ0n) is 11.0. The summed E-state index contributed by atoms with van der Waals surface area (Å²) in [4.78, 5) is 1.37. The van der Waals surface area contributed by atoms with Crippen molar-refractivity contribution in [3.05, 3.63) is 46.4 Å². The fourth-order valence-electron chi connectivity index (χ4n) is 2.52. The van der Waals surface area contributed by atoms with Crippen LogP contribution in [0.1, 0.15) is 29.8 Å². The van der Waals surface area contributed by atoms with Gasteiger partial charge in [0.25, 0.3) is 0 Å². The summed E-state index contributed by atoms with van der Waals surface area (Å²) in [6, 6.07) is 8.49. The summed E-state index contributed by atoms with van der Waals surface area (Å²) in [6.07, 6.45) is 5.16. The number of hydrogen-bond donors (Lipinski definition) is 2. The van der Waals surface area contributed by atoms with E-state index in [-0.39, 0.29) is 0 Å². The Morgan fingerprint density at radius 2 is 2.21 bits per heavy atom. The number of hydrogen-bond acceptors (Lipinski definition) is 3. The van der Waals surface area contributed by atoms with Crippen LogP contribution in [0.3, 0.4) is 0 Å². The second-order valence-electron chi connectivity index (χ2n) is 5.39. The minimum absolute atomic E-state index is 0.439. The molecule has 4 heteroatoms. The zero-order valence-corrected chi connectivity index (χ0v) is 11.8. The minimum atomic E-state index is -0.439. The molecule has 1 aliphatic rings. The highest BCUT2D eigenvalue weighted by molar-refractivity contribution is 7.09. The van der Waals surface area contributed by atoms with Crippen molar-refractivity contribution in [2.45, 2.75) is 38.0 Å². The predicted octanol–water partition coefficient (Wildman–Crippen LogP) is 2.60. The SMILES string of the molecule is OC1(CNCc2cccn2Cc2cccs2)CCC1. The fourth-order valence-corrected chi connectivity index (χ4v) is 3.22. The molecule has 1 fully saturated rings. The molecule has 1 saturated carbocycles. The Hall–Kier alpha value is -1.10. The number of thiophene rings is 1. The largest absolute Gasteiger partial charge is 0.389 e. The van der Waals surface area contributed by atoms with E-state index in [4.69, 9.17) is 0 Å². The van der Waals surface area contributed by atoms with Crippen LogP contribution in [0.4, 0.5) is 0 Å². The van der Waals surface area contributed by atoms with E-state index >= 15 is 0 Å². The van der Waals surface area contributed by atoms with Crippen LogP contribution in [0.2, 0.25) is 0 Å². The highest BCUT2D eigenvalue weighted by atomic mass is 32.1. The van der Waals surface area contributed by atoms with Crippen LogP contribution in [0.25, 0.3) is 0 Å². The van der Waals surface area contributed by atoms with Gasteiger partial charge in [-0.15, -0.1) is 11.3 Å². The van der Waals surface area contributed by atoms with E-state index < -0.39 is 5.60 Å². The molecule has 0 saturated heterocycles. The Morgan fingerprint density at radius 3 is 2.89 bits per heavy atom. The molecular weight excluding hydrogens is 256 g/mol. The summed E-state index contributed by atoms with van der Waals surface area (Å²) < 4.78 is 2.27. The second-order valence-corrected chi connectivity index (χ2v) is 6.42. The van der Waals surface area contributed by atoms with E-state index in [1.54, 1.807) is 11.3 Å². The second kappa shape index (κ2) is 5.49. The van der Waals surface area contributed by atoms with Crippen molar-refractivity contribution in [1.29, 1.82) is 0 Å². The van der Waals surface area contributed by atoms with E-state index in [1.165, 1.54) is 10.6 Å². The van der Waals surface area contributed by atoms with Gasteiger partial charge in [0.2, 0.25) is 0 Å². The smallest absolute Gasteiger partial charge is 0.0771 e. The normalized spacial score (nSPS) is 17.3. The zero-order chi connectivity index (χ0) is 13.1. The van der Waals surface area contributed by atoms with Gasteiger partial charge >= 0.3 is 0 Å². The lowest BCUT2D eigenvalue weighted by Gasteiger charge is -2.36. The molecule has 0 atom stereocenters. The van der Waals surface area contributed by atoms with Crippen LogP contribution < -0.4 is 5.32 Å². The van der Waals surface area contributed by atoms with Gasteiger partial charge in [0.1, 0.15) is 0 Å². The van der Waals surface area contributed by atoms with Crippen molar-refractivity contribution in [2.75, 3.05) is 6.54 Å². The lowest BCUT2D eigenvalue weighted by Crippen LogP contribution is -2.46. The highest BCUT2D eigenvalue weighted by Crippen LogP contribution is 2.30. The maximum Gasteiger partial charge on any atom is 0.0771 e. The number of aliphatic hydroxyl groups is 1. The van der Waals surface area contributed by atoms with Crippen molar-refractivity contribution >= 4 is 11.3 Å². The Balaban J connectivity index is 1.54. The molecule has 2 aromatic heterocycles. The average molecular weight is 276 g/mol. The van der Waals surface area contributed by atoms with E-state index in [0.29, 0.717) is 6.54 Å². The van der Waals surface area contributed by atoms with Crippen molar-refractivity contribution in [3.8, 4) is 0 Å². The molecule has 0 aliphatic heterocycles. The van der Waals surface area contributed by atoms with Crippen LogP contribution in [0.5, 0.6) is 0 Å². The standard InChI is InChI=1S/C15H20N2OS/c18-15(6-3-7-15)12-16-10-13-4-1-8-17(13)11-14-5-2-9-19-14/h1-2,4-5,8-9,16,18H,3,6-7,10-12H2. The molecule has 2 N–H and O–H groups in total. The first kappa shape index (κ1) is 12.9. The van der Waals surface area contributed by atoms with Crippen LogP contribution in [0, 0.1) is 0 Å². The summed E-state index contributed by atoms with van der Waals surface area (Å²) in [5.74, 6) is 0. The Labute approximate surface area is 117 Å². The maximum absolute atomic E-state index is 10.0. The first-order valence-electron chi connectivity index (χ1n) is 6.85. The van der Waals surface area contributed by atoms with E-state index in [0.717, 1.165) is 32.4 Å². The number of nitrogens with one attached hydrogen (secondary N) is 1. The van der Waals surface area contributed by atoms with Crippen molar-refractivity contribution in [2.24, 2.45) is 0 Å². The first-order chi connectivity index (χ1) is 9.25. The minimum Gasteiger partial charge on any atom is -0.389 e. The third-order valence-corrected chi connectivity index (χ3v) is 4.74. The van der Waals surface area contributed by atoms with E-state index in [1.807, 2.05) is 0 Å². The topological polar surface area (TPSA) is 37.2 Å². The Kier molecular flexibility index (Phi) is 3.73. The quantitative estimate of drug-likeness (QED) is 0.851. The predicted molar refractivity (Wildman–Crippen MR) is 78.4 cm³/mol. The molecule has 0 unspecified atom stereocenters. The molecule has 0 spiro atoms. The molecule has 3 nitrogen and oxygen atoms in total. The monoisotopic (exact) mass is 276 g/mol. The molecule has 19 heavy (non-hydrogen) atoms. The fraction of sp³-hybridized carbons (Fsp3) is 0.467. The molecule has 102 valence electrons. The lowest BCUT2D eigenvalue weighted by atomic mass is 9.80. The Morgan fingerprint density at radius 1 is 1.32 bits per heavy atom. The van der Waals surface area contributed by atoms with Crippen LogP contribution in [-0.4, -0.2) is 21.8 Å². The van der Waals surface area contributed by atoms with E-state index in [9.17, 15) is 5.11 Å². The highest BCUT2D eigenvalue weighted by Gasteiger charge is 2.33. The third kappa shape index (κ3) is 3.08. The summed E-state index contributed by atoms with van der Waals surface area (Å²) >= 11 is 1.79. The van der Waals surface area contributed by atoms with Gasteiger partial charge in [-0.3, -0.25) is 0 Å². The van der Waals surface area contributed by atoms with Gasteiger partial charge in [0.15, 0.2) is 0 Å². The van der Waals surface area contributed by atoms with Crippen molar-refractivity contribution in [1.82, 2.24) is 9.88 Å². The maximum atomic E-state index is 10.0. The third-order valence-electron chi connectivity index (χ3n) is 3.87. The number of rotatable bonds is 6. The number of nitrogens with zero attached hydrogens (tertiary/aromatic N) is 1. The molecule has 0 aromatic carbocycles. The van der Waals surface area contributed by atoms with Gasteiger partial charge in [-0.2, -0.15) is 0 Å². The van der Waals surface area contributed by atoms with E-state index in [2.05, 4.69) is 45.7 Å². The van der Waals surface area contributed by atoms with Crippen LogP contribution in [-0.2, 0) is 13.1 Å². The molecular formula is C15H20N2OS. The Bertz CT molecular complexity index is 514. The van der Waals surface area contributed by atoms with Gasteiger partial charge in [-0.05, 0) is 42.8 Å². The summed E-state index contributed by atoms with van der Waals surface area (Å²) in [7, 11) is 0. The van der Waals surface area contributed by atoms with Crippen LogP contribution in [0.15, 0.2) is 35.8 Å². The van der Waals surface area contributed by atoms with Gasteiger partial charge in [0.05, 0.1) is 12.1 Å². The molecule has 3 rings (SSSR count).